The molecule has 0 aliphatic carbocycles. The second-order valence-corrected chi connectivity index (χ2v) is 9.54. The smallest absolute Gasteiger partial charge is 0.229 e. The first-order valence-electron chi connectivity index (χ1n) is 12.5. The van der Waals surface area contributed by atoms with E-state index in [1.54, 1.807) is 49.4 Å². The van der Waals surface area contributed by atoms with Crippen LogP contribution in [0.1, 0.15) is 23.7 Å². The number of aliphatic hydroxyl groups excluding tert-OH is 5. The molecule has 214 valence electrons. The Balaban J connectivity index is 1.57. The van der Waals surface area contributed by atoms with Gasteiger partial charge in [-0.25, -0.2) is 0 Å². The van der Waals surface area contributed by atoms with E-state index in [1.807, 2.05) is 0 Å². The average Bonchev–Trinajstić information content (AvgIpc) is 3.25. The molecule has 4 rings (SSSR count). The summed E-state index contributed by atoms with van der Waals surface area (Å²) in [4.78, 5) is 12.4. The van der Waals surface area contributed by atoms with Gasteiger partial charge in [0.2, 0.25) is 6.29 Å². The van der Waals surface area contributed by atoms with Gasteiger partial charge in [-0.1, -0.05) is 25.1 Å². The van der Waals surface area contributed by atoms with E-state index in [0.29, 0.717) is 22.4 Å². The minimum absolute atomic E-state index is 0.0909. The molecule has 0 bridgehead atoms. The van der Waals surface area contributed by atoms with Crippen LogP contribution in [0.2, 0.25) is 0 Å². The summed E-state index contributed by atoms with van der Waals surface area (Å²) in [6.45, 7) is 0.196. The van der Waals surface area contributed by atoms with Crippen molar-refractivity contribution in [3.63, 3.8) is 0 Å². The van der Waals surface area contributed by atoms with E-state index in [2.05, 4.69) is 0 Å². The normalized spacial score (nSPS) is 32.7. The Morgan fingerprint density at radius 2 is 1.74 bits per heavy atom. The molecule has 6 N–H and O–H groups in total. The van der Waals surface area contributed by atoms with Gasteiger partial charge in [0.1, 0.15) is 47.6 Å². The van der Waals surface area contributed by atoms with Gasteiger partial charge in [0.05, 0.1) is 26.9 Å². The third-order valence-electron chi connectivity index (χ3n) is 6.94. The maximum absolute atomic E-state index is 12.4. The summed E-state index contributed by atoms with van der Waals surface area (Å²) in [6.07, 6.45) is -10.3. The number of benzene rings is 2. The van der Waals surface area contributed by atoms with Crippen LogP contribution in [0.5, 0.6) is 11.5 Å². The number of rotatable bonds is 10. The Kier molecular flexibility index (Phi) is 9.21. The number of methoxy groups -OCH3 is 1. The van der Waals surface area contributed by atoms with Crippen LogP contribution in [0.25, 0.3) is 11.1 Å². The maximum atomic E-state index is 12.4. The molecule has 0 saturated carbocycles. The van der Waals surface area contributed by atoms with Crippen LogP contribution in [-0.2, 0) is 14.2 Å². The van der Waals surface area contributed by atoms with Gasteiger partial charge in [0.25, 0.3) is 0 Å². The molecule has 0 spiro atoms. The minimum atomic E-state index is -1.90. The molecule has 12 heteroatoms. The number of ketones is 1. The van der Waals surface area contributed by atoms with Crippen molar-refractivity contribution in [2.24, 2.45) is 0 Å². The van der Waals surface area contributed by atoms with Gasteiger partial charge < -0.3 is 54.3 Å². The van der Waals surface area contributed by atoms with Crippen molar-refractivity contribution in [3.05, 3.63) is 48.0 Å². The van der Waals surface area contributed by atoms with Crippen molar-refractivity contribution >= 4 is 5.78 Å². The van der Waals surface area contributed by atoms with Crippen molar-refractivity contribution in [1.29, 1.82) is 0 Å². The Morgan fingerprint density at radius 1 is 1.00 bits per heavy atom. The van der Waals surface area contributed by atoms with Crippen LogP contribution >= 0.6 is 0 Å². The largest absolute Gasteiger partial charge is 0.496 e. The minimum Gasteiger partial charge on any atom is -0.496 e. The summed E-state index contributed by atoms with van der Waals surface area (Å²) in [5, 5.41) is 61.3. The molecular formula is C27H34O12. The zero-order valence-electron chi connectivity index (χ0n) is 21.5. The van der Waals surface area contributed by atoms with Crippen LogP contribution in [0.15, 0.2) is 42.5 Å². The second-order valence-electron chi connectivity index (χ2n) is 9.54. The number of carbonyl (C=O) groups excluding carboxylic acids is 1. The van der Waals surface area contributed by atoms with Crippen molar-refractivity contribution in [1.82, 2.24) is 0 Å². The second kappa shape index (κ2) is 12.3. The first-order chi connectivity index (χ1) is 18.6. The van der Waals surface area contributed by atoms with E-state index in [4.69, 9.17) is 23.7 Å². The Morgan fingerprint density at radius 3 is 2.41 bits per heavy atom. The van der Waals surface area contributed by atoms with Crippen LogP contribution in [0.4, 0.5) is 0 Å². The fourth-order valence-electron chi connectivity index (χ4n) is 4.49. The zero-order chi connectivity index (χ0) is 28.3. The Bertz CT molecular complexity index is 1140. The predicted molar refractivity (Wildman–Crippen MR) is 134 cm³/mol. The van der Waals surface area contributed by atoms with E-state index < -0.39 is 61.9 Å². The summed E-state index contributed by atoms with van der Waals surface area (Å²) in [5.74, 6) is 0.627. The van der Waals surface area contributed by atoms with Crippen LogP contribution < -0.4 is 9.47 Å². The molecule has 12 nitrogen and oxygen atoms in total. The Labute approximate surface area is 224 Å². The topological polar surface area (TPSA) is 185 Å². The van der Waals surface area contributed by atoms with E-state index in [-0.39, 0.29) is 24.6 Å². The molecule has 2 saturated heterocycles. The van der Waals surface area contributed by atoms with Gasteiger partial charge in [-0.3, -0.25) is 4.79 Å². The van der Waals surface area contributed by atoms with E-state index in [1.165, 1.54) is 7.11 Å². The molecule has 0 amide bonds. The number of para-hydroxylation sites is 1. The third kappa shape index (κ3) is 5.94. The lowest BCUT2D eigenvalue weighted by Crippen LogP contribution is -2.60. The highest BCUT2D eigenvalue weighted by Crippen LogP contribution is 2.39. The van der Waals surface area contributed by atoms with Gasteiger partial charge in [0.15, 0.2) is 12.1 Å². The highest BCUT2D eigenvalue weighted by molar-refractivity contribution is 5.97. The molecule has 0 radical (unpaired) electrons. The number of carbonyl (C=O) groups is 1. The number of Topliss-reactive ketones (excluding diaryl/α,β-unsaturated/α-hetero) is 1. The molecule has 39 heavy (non-hydrogen) atoms. The van der Waals surface area contributed by atoms with Gasteiger partial charge >= 0.3 is 0 Å². The number of hydrogen-bond donors (Lipinski definition) is 6. The summed E-state index contributed by atoms with van der Waals surface area (Å²) < 4.78 is 27.9. The molecule has 2 heterocycles. The molecule has 0 aromatic heterocycles. The van der Waals surface area contributed by atoms with Crippen molar-refractivity contribution < 1.29 is 59.1 Å². The summed E-state index contributed by atoms with van der Waals surface area (Å²) in [5.41, 5.74) is -0.384. The summed E-state index contributed by atoms with van der Waals surface area (Å²) in [6, 6.07) is 11.8. The molecule has 8 unspecified atom stereocenters. The highest BCUT2D eigenvalue weighted by atomic mass is 16.7. The summed E-state index contributed by atoms with van der Waals surface area (Å²) in [7, 11) is 1.50. The van der Waals surface area contributed by atoms with Gasteiger partial charge in [-0.15, -0.1) is 0 Å². The third-order valence-corrected chi connectivity index (χ3v) is 6.94. The zero-order valence-corrected chi connectivity index (χ0v) is 21.5. The molecule has 2 aromatic rings. The van der Waals surface area contributed by atoms with E-state index in [9.17, 15) is 35.4 Å². The SMILES string of the molecule is CCC(=O)c1ccc(OC2OC(COC3OCC(O)(CO)C3O)C(O)C(O)C2O)c(-c2ccccc2OC)c1. The molecule has 8 atom stereocenters. The molecule has 2 fully saturated rings. The molecule has 2 aliphatic heterocycles. The molecular weight excluding hydrogens is 516 g/mol. The quantitative estimate of drug-likeness (QED) is 0.211. The molecule has 2 aromatic carbocycles. The van der Waals surface area contributed by atoms with Crippen LogP contribution in [0.3, 0.4) is 0 Å². The van der Waals surface area contributed by atoms with E-state index >= 15 is 0 Å². The van der Waals surface area contributed by atoms with E-state index in [0.717, 1.165) is 0 Å². The monoisotopic (exact) mass is 550 g/mol. The van der Waals surface area contributed by atoms with Crippen molar-refractivity contribution in [2.45, 2.75) is 62.0 Å². The lowest BCUT2D eigenvalue weighted by molar-refractivity contribution is -0.289. The Hall–Kier alpha value is -2.65. The number of ether oxygens (including phenoxy) is 5. The predicted octanol–water partition coefficient (Wildman–Crippen LogP) is -0.401. The fourth-order valence-corrected chi connectivity index (χ4v) is 4.49. The van der Waals surface area contributed by atoms with Crippen LogP contribution in [-0.4, -0.2) is 112 Å². The number of hydrogen-bond acceptors (Lipinski definition) is 12. The number of aliphatic hydroxyl groups is 6. The lowest BCUT2D eigenvalue weighted by atomic mass is 9.97. The highest BCUT2D eigenvalue weighted by Gasteiger charge is 2.50. The van der Waals surface area contributed by atoms with Gasteiger partial charge in [0, 0.05) is 23.1 Å². The van der Waals surface area contributed by atoms with Crippen LogP contribution in [0, 0.1) is 0 Å². The first kappa shape index (κ1) is 29.3. The fraction of sp³-hybridized carbons (Fsp3) is 0.519. The molecule has 2 aliphatic rings. The first-order valence-corrected chi connectivity index (χ1v) is 12.5. The standard InChI is InChI=1S/C27H34O12/c1-3-17(29)14-8-9-19(16(10-14)15-6-4-5-7-18(15)35-2)38-25-23(32)22(31)21(30)20(39-25)11-36-26-24(33)27(34,12-28)13-37-26/h4-10,20-26,28,30-34H,3,11-13H2,1-2H3. The lowest BCUT2D eigenvalue weighted by Gasteiger charge is -2.40. The summed E-state index contributed by atoms with van der Waals surface area (Å²) >= 11 is 0. The average molecular weight is 551 g/mol. The van der Waals surface area contributed by atoms with Gasteiger partial charge in [-0.2, -0.15) is 0 Å². The van der Waals surface area contributed by atoms with Gasteiger partial charge in [-0.05, 0) is 24.3 Å². The van der Waals surface area contributed by atoms with Crippen molar-refractivity contribution in [3.8, 4) is 22.6 Å². The maximum Gasteiger partial charge on any atom is 0.229 e. The van der Waals surface area contributed by atoms with Crippen molar-refractivity contribution in [2.75, 3.05) is 26.9 Å².